The Morgan fingerprint density at radius 3 is 2.52 bits per heavy atom. The monoisotopic (exact) mass is 343 g/mol. The first-order valence-electron chi connectivity index (χ1n) is 9.02. The minimum absolute atomic E-state index is 0.253. The molecule has 134 valence electrons. The molecular weight excluding hydrogens is 318 g/mol. The van der Waals surface area contributed by atoms with Gasteiger partial charge in [0.25, 0.3) is 5.56 Å². The van der Waals surface area contributed by atoms with E-state index >= 15 is 0 Å². The third kappa shape index (κ3) is 3.23. The molecule has 2 aromatic heterocycles. The fraction of sp³-hybridized carbons (Fsp3) is 0.579. The highest BCUT2D eigenvalue weighted by molar-refractivity contribution is 5.18. The molecule has 2 aliphatic rings. The lowest BCUT2D eigenvalue weighted by Crippen LogP contribution is -2.39. The summed E-state index contributed by atoms with van der Waals surface area (Å²) in [7, 11) is 3.23. The van der Waals surface area contributed by atoms with Crippen LogP contribution >= 0.6 is 0 Å². The summed E-state index contributed by atoms with van der Waals surface area (Å²) in [6.45, 7) is 3.55. The van der Waals surface area contributed by atoms with Crippen molar-refractivity contribution in [2.24, 2.45) is 20.0 Å². The fourth-order valence-electron chi connectivity index (χ4n) is 3.49. The van der Waals surface area contributed by atoms with Crippen molar-refractivity contribution >= 4 is 0 Å². The summed E-state index contributed by atoms with van der Waals surface area (Å²) in [5, 5.41) is 0. The minimum Gasteiger partial charge on any atom is -0.464 e. The van der Waals surface area contributed by atoms with E-state index in [1.165, 1.54) is 13.5 Å². The van der Waals surface area contributed by atoms with Gasteiger partial charge in [0.2, 0.25) is 0 Å². The van der Waals surface area contributed by atoms with E-state index in [0.29, 0.717) is 18.5 Å². The van der Waals surface area contributed by atoms with Gasteiger partial charge in [0.05, 0.1) is 6.54 Å². The molecule has 2 fully saturated rings. The smallest absolute Gasteiger partial charge is 0.330 e. The molecule has 0 amide bonds. The van der Waals surface area contributed by atoms with E-state index in [-0.39, 0.29) is 11.2 Å². The zero-order valence-electron chi connectivity index (χ0n) is 15.1. The normalized spacial score (nSPS) is 22.6. The number of rotatable bonds is 6. The van der Waals surface area contributed by atoms with Crippen LogP contribution in [-0.4, -0.2) is 20.1 Å². The molecule has 0 saturated heterocycles. The van der Waals surface area contributed by atoms with Crippen molar-refractivity contribution in [1.29, 1.82) is 0 Å². The Balaban J connectivity index is 1.54. The summed E-state index contributed by atoms with van der Waals surface area (Å²) < 4.78 is 8.75. The Bertz CT molecular complexity index is 903. The molecule has 4 rings (SSSR count). The topological polar surface area (TPSA) is 60.4 Å². The number of nitrogens with zero attached hydrogens (tertiary/aromatic N) is 3. The molecule has 0 aromatic carbocycles. The summed E-state index contributed by atoms with van der Waals surface area (Å²) in [6, 6.07) is 6.24. The van der Waals surface area contributed by atoms with E-state index < -0.39 is 0 Å². The van der Waals surface area contributed by atoms with E-state index in [1.54, 1.807) is 17.7 Å². The largest absolute Gasteiger partial charge is 0.464 e. The lowest BCUT2D eigenvalue weighted by atomic mass is 10.2. The molecule has 2 heterocycles. The lowest BCUT2D eigenvalue weighted by Gasteiger charge is -2.22. The standard InChI is InChI=1S/C19H25N3O3/c1-12-8-16(12)17-7-6-15(25-17)11-22(13-4-5-13)10-14-9-18(23)21(3)19(24)20(14)2/h6-7,9,12-13,16H,4-5,8,10-11H2,1-3H3/t12-,16-/m1/s1. The highest BCUT2D eigenvalue weighted by Gasteiger charge is 2.37. The summed E-state index contributed by atoms with van der Waals surface area (Å²) in [6.07, 6.45) is 3.53. The quantitative estimate of drug-likeness (QED) is 0.804. The molecule has 2 saturated carbocycles. The van der Waals surface area contributed by atoms with Crippen LogP contribution in [0.3, 0.4) is 0 Å². The van der Waals surface area contributed by atoms with Crippen molar-refractivity contribution in [3.63, 3.8) is 0 Å². The van der Waals surface area contributed by atoms with Gasteiger partial charge in [0.1, 0.15) is 11.5 Å². The van der Waals surface area contributed by atoms with Crippen molar-refractivity contribution in [2.45, 2.75) is 51.2 Å². The number of hydrogen-bond donors (Lipinski definition) is 0. The maximum atomic E-state index is 12.1. The molecule has 0 unspecified atom stereocenters. The van der Waals surface area contributed by atoms with E-state index in [4.69, 9.17) is 4.42 Å². The van der Waals surface area contributed by atoms with Crippen LogP contribution in [0.4, 0.5) is 0 Å². The third-order valence-corrected chi connectivity index (χ3v) is 5.57. The molecule has 6 nitrogen and oxygen atoms in total. The van der Waals surface area contributed by atoms with Crippen LogP contribution in [0.15, 0.2) is 32.2 Å². The zero-order chi connectivity index (χ0) is 17.7. The van der Waals surface area contributed by atoms with Crippen LogP contribution in [0, 0.1) is 5.92 Å². The molecule has 0 N–H and O–H groups in total. The van der Waals surface area contributed by atoms with Gasteiger partial charge in [0, 0.05) is 44.4 Å². The van der Waals surface area contributed by atoms with Crippen molar-refractivity contribution in [2.75, 3.05) is 0 Å². The van der Waals surface area contributed by atoms with Crippen LogP contribution in [0.2, 0.25) is 0 Å². The molecule has 0 spiro atoms. The Labute approximate surface area is 146 Å². The van der Waals surface area contributed by atoms with Crippen LogP contribution in [-0.2, 0) is 27.2 Å². The first kappa shape index (κ1) is 16.4. The summed E-state index contributed by atoms with van der Waals surface area (Å²) in [4.78, 5) is 26.4. The minimum atomic E-state index is -0.277. The molecule has 25 heavy (non-hydrogen) atoms. The van der Waals surface area contributed by atoms with Gasteiger partial charge in [-0.3, -0.25) is 18.8 Å². The highest BCUT2D eigenvalue weighted by atomic mass is 16.3. The Morgan fingerprint density at radius 2 is 1.88 bits per heavy atom. The molecule has 6 heteroatoms. The highest BCUT2D eigenvalue weighted by Crippen LogP contribution is 2.47. The molecule has 0 aliphatic heterocycles. The van der Waals surface area contributed by atoms with E-state index in [0.717, 1.165) is 47.1 Å². The molecule has 2 aromatic rings. The average Bonchev–Trinajstić information content (AvgIpc) is 3.50. The van der Waals surface area contributed by atoms with Gasteiger partial charge >= 0.3 is 5.69 Å². The zero-order valence-corrected chi connectivity index (χ0v) is 15.1. The second-order valence-corrected chi connectivity index (χ2v) is 7.63. The second-order valence-electron chi connectivity index (χ2n) is 7.63. The van der Waals surface area contributed by atoms with Gasteiger partial charge in [-0.1, -0.05) is 6.92 Å². The molecule has 2 aliphatic carbocycles. The summed E-state index contributed by atoms with van der Waals surface area (Å²) in [5.74, 6) is 3.38. The van der Waals surface area contributed by atoms with Gasteiger partial charge in [-0.2, -0.15) is 0 Å². The Hall–Kier alpha value is -2.08. The maximum Gasteiger partial charge on any atom is 0.330 e. The van der Waals surface area contributed by atoms with Crippen LogP contribution in [0.5, 0.6) is 0 Å². The lowest BCUT2D eigenvalue weighted by molar-refractivity contribution is 0.217. The van der Waals surface area contributed by atoms with E-state index in [1.807, 2.05) is 0 Å². The summed E-state index contributed by atoms with van der Waals surface area (Å²) >= 11 is 0. The van der Waals surface area contributed by atoms with Gasteiger partial charge in [-0.15, -0.1) is 0 Å². The first-order valence-corrected chi connectivity index (χ1v) is 9.02. The van der Waals surface area contributed by atoms with Crippen LogP contribution < -0.4 is 11.2 Å². The predicted octanol–water partition coefficient (Wildman–Crippen LogP) is 1.96. The predicted molar refractivity (Wildman–Crippen MR) is 94.4 cm³/mol. The van der Waals surface area contributed by atoms with Crippen molar-refractivity contribution in [3.05, 3.63) is 56.3 Å². The van der Waals surface area contributed by atoms with Crippen LogP contribution in [0.1, 0.15) is 49.3 Å². The van der Waals surface area contributed by atoms with Gasteiger partial charge < -0.3 is 4.42 Å². The van der Waals surface area contributed by atoms with Crippen molar-refractivity contribution in [1.82, 2.24) is 14.0 Å². The van der Waals surface area contributed by atoms with Gasteiger partial charge in [0.15, 0.2) is 0 Å². The van der Waals surface area contributed by atoms with Gasteiger partial charge in [-0.25, -0.2) is 4.79 Å². The van der Waals surface area contributed by atoms with Gasteiger partial charge in [-0.05, 0) is 37.3 Å². The number of furan rings is 1. The second kappa shape index (κ2) is 6.02. The van der Waals surface area contributed by atoms with E-state index in [2.05, 4.69) is 24.0 Å². The molecule has 0 radical (unpaired) electrons. The fourth-order valence-corrected chi connectivity index (χ4v) is 3.49. The molecule has 2 atom stereocenters. The molecular formula is C19H25N3O3. The Kier molecular flexibility index (Phi) is 3.95. The van der Waals surface area contributed by atoms with Crippen LogP contribution in [0.25, 0.3) is 0 Å². The number of hydrogen-bond acceptors (Lipinski definition) is 4. The maximum absolute atomic E-state index is 12.1. The van der Waals surface area contributed by atoms with Crippen molar-refractivity contribution in [3.8, 4) is 0 Å². The third-order valence-electron chi connectivity index (χ3n) is 5.57. The van der Waals surface area contributed by atoms with E-state index in [9.17, 15) is 9.59 Å². The number of aromatic nitrogens is 2. The average molecular weight is 343 g/mol. The Morgan fingerprint density at radius 1 is 1.16 bits per heavy atom. The molecule has 0 bridgehead atoms. The first-order chi connectivity index (χ1) is 11.9. The summed E-state index contributed by atoms with van der Waals surface area (Å²) in [5.41, 5.74) is 0.223. The SMILES string of the molecule is C[C@@H]1C[C@H]1c1ccc(CN(Cc2cc(=O)n(C)c(=O)n2C)C2CC2)o1. The van der Waals surface area contributed by atoms with Crippen molar-refractivity contribution < 1.29 is 4.42 Å².